The Balaban J connectivity index is 2.58. The second kappa shape index (κ2) is 4.42. The maximum atomic E-state index is 11.1. The Kier molecular flexibility index (Phi) is 2.97. The van der Waals surface area contributed by atoms with Gasteiger partial charge in [0.1, 0.15) is 5.82 Å². The van der Waals surface area contributed by atoms with E-state index < -0.39 is 5.97 Å². The minimum atomic E-state index is -1.06. The molecule has 2 heterocycles. The van der Waals surface area contributed by atoms with Crippen molar-refractivity contribution in [2.45, 2.75) is 6.42 Å². The Morgan fingerprint density at radius 3 is 3.06 bits per heavy atom. The van der Waals surface area contributed by atoms with Gasteiger partial charge in [-0.2, -0.15) is 0 Å². The minimum Gasteiger partial charge on any atom is -0.476 e. The molecule has 0 radical (unpaired) electrons. The lowest BCUT2D eigenvalue weighted by atomic mass is 10.3. The number of carboxylic acid groups (broad SMARTS) is 1. The first-order chi connectivity index (χ1) is 8.13. The third-order valence-electron chi connectivity index (χ3n) is 2.47. The maximum Gasteiger partial charge on any atom is 0.356 e. The van der Waals surface area contributed by atoms with Gasteiger partial charge in [-0.1, -0.05) is 0 Å². The largest absolute Gasteiger partial charge is 0.476 e. The molecule has 0 atom stereocenters. The quantitative estimate of drug-likeness (QED) is 0.818. The highest BCUT2D eigenvalue weighted by atomic mass is 16.5. The number of aromatic carboxylic acids is 1. The van der Waals surface area contributed by atoms with Crippen molar-refractivity contribution in [1.82, 2.24) is 9.38 Å². The first-order valence-electron chi connectivity index (χ1n) is 5.12. The summed E-state index contributed by atoms with van der Waals surface area (Å²) in [5.41, 5.74) is 6.68. The molecule has 3 N–H and O–H groups in total. The van der Waals surface area contributed by atoms with E-state index in [0.29, 0.717) is 30.1 Å². The van der Waals surface area contributed by atoms with E-state index in [2.05, 4.69) is 4.98 Å². The van der Waals surface area contributed by atoms with Crippen LogP contribution in [0.25, 0.3) is 5.52 Å². The predicted molar refractivity (Wildman–Crippen MR) is 62.1 cm³/mol. The Hall–Kier alpha value is -2.08. The highest BCUT2D eigenvalue weighted by Gasteiger charge is 2.16. The van der Waals surface area contributed by atoms with Gasteiger partial charge in [0.05, 0.1) is 12.1 Å². The average molecular weight is 235 g/mol. The number of aromatic nitrogens is 2. The fourth-order valence-corrected chi connectivity index (χ4v) is 1.69. The molecule has 0 unspecified atom stereocenters. The Morgan fingerprint density at radius 2 is 2.41 bits per heavy atom. The molecule has 0 aromatic carbocycles. The summed E-state index contributed by atoms with van der Waals surface area (Å²) in [4.78, 5) is 15.2. The molecule has 2 aromatic heterocycles. The van der Waals surface area contributed by atoms with E-state index in [4.69, 9.17) is 15.6 Å². The molecule has 0 aliphatic heterocycles. The molecular weight excluding hydrogens is 222 g/mol. The number of rotatable bonds is 4. The number of fused-ring (bicyclic) bond motifs is 1. The monoisotopic (exact) mass is 235 g/mol. The van der Waals surface area contributed by atoms with Gasteiger partial charge in [-0.25, -0.2) is 9.78 Å². The third kappa shape index (κ3) is 2.07. The highest BCUT2D eigenvalue weighted by Crippen LogP contribution is 2.16. The van der Waals surface area contributed by atoms with Gasteiger partial charge in [0.15, 0.2) is 5.69 Å². The molecule has 0 saturated carbocycles. The van der Waals surface area contributed by atoms with Crippen molar-refractivity contribution in [2.24, 2.45) is 0 Å². The Bertz CT molecular complexity index is 562. The predicted octanol–water partition coefficient (Wildman–Crippen LogP) is 0.804. The zero-order chi connectivity index (χ0) is 12.4. The molecule has 6 nitrogen and oxygen atoms in total. The molecule has 0 aliphatic carbocycles. The second-order valence-electron chi connectivity index (χ2n) is 3.64. The Labute approximate surface area is 97.6 Å². The molecule has 0 fully saturated rings. The molecule has 2 aromatic rings. The minimum absolute atomic E-state index is 0.0170. The van der Waals surface area contributed by atoms with E-state index in [9.17, 15) is 4.79 Å². The molecule has 90 valence electrons. The van der Waals surface area contributed by atoms with Crippen molar-refractivity contribution in [2.75, 3.05) is 19.5 Å². The Morgan fingerprint density at radius 1 is 1.65 bits per heavy atom. The van der Waals surface area contributed by atoms with Crippen molar-refractivity contribution in [3.8, 4) is 0 Å². The number of ether oxygens (including phenoxy) is 1. The van der Waals surface area contributed by atoms with Crippen LogP contribution in [0.15, 0.2) is 18.3 Å². The van der Waals surface area contributed by atoms with Crippen molar-refractivity contribution in [3.05, 3.63) is 29.8 Å². The maximum absolute atomic E-state index is 11.1. The van der Waals surface area contributed by atoms with Gasteiger partial charge >= 0.3 is 5.97 Å². The van der Waals surface area contributed by atoms with Crippen LogP contribution in [0.4, 0.5) is 5.69 Å². The molecule has 6 heteroatoms. The molecule has 0 spiro atoms. The average Bonchev–Trinajstić information content (AvgIpc) is 2.64. The first-order valence-corrected chi connectivity index (χ1v) is 5.12. The molecule has 0 aliphatic rings. The number of nitrogens with two attached hydrogens (primary N) is 1. The normalized spacial score (nSPS) is 10.9. The van der Waals surface area contributed by atoms with Gasteiger partial charge in [0.25, 0.3) is 0 Å². The van der Waals surface area contributed by atoms with Gasteiger partial charge < -0.3 is 20.0 Å². The summed E-state index contributed by atoms with van der Waals surface area (Å²) in [5.74, 6) is -0.406. The van der Waals surface area contributed by atoms with Crippen LogP contribution in [0.5, 0.6) is 0 Å². The number of pyridine rings is 1. The van der Waals surface area contributed by atoms with Crippen LogP contribution in [-0.4, -0.2) is 34.2 Å². The van der Waals surface area contributed by atoms with Gasteiger partial charge in [0.2, 0.25) is 0 Å². The second-order valence-corrected chi connectivity index (χ2v) is 3.64. The van der Waals surface area contributed by atoms with Gasteiger partial charge in [-0.3, -0.25) is 0 Å². The molecule has 0 amide bonds. The number of anilines is 1. The van der Waals surface area contributed by atoms with Crippen LogP contribution >= 0.6 is 0 Å². The lowest BCUT2D eigenvalue weighted by Crippen LogP contribution is -2.00. The lowest BCUT2D eigenvalue weighted by molar-refractivity contribution is 0.0693. The summed E-state index contributed by atoms with van der Waals surface area (Å²) in [6.07, 6.45) is 2.27. The zero-order valence-corrected chi connectivity index (χ0v) is 9.38. The van der Waals surface area contributed by atoms with Crippen molar-refractivity contribution >= 4 is 17.2 Å². The zero-order valence-electron chi connectivity index (χ0n) is 9.38. The first kappa shape index (κ1) is 11.4. The summed E-state index contributed by atoms with van der Waals surface area (Å²) in [6.45, 7) is 0.489. The fourth-order valence-electron chi connectivity index (χ4n) is 1.69. The van der Waals surface area contributed by atoms with E-state index >= 15 is 0 Å². The summed E-state index contributed by atoms with van der Waals surface area (Å²) in [6, 6.07) is 3.31. The summed E-state index contributed by atoms with van der Waals surface area (Å²) >= 11 is 0. The summed E-state index contributed by atoms with van der Waals surface area (Å²) in [5, 5.41) is 9.06. The number of hydrogen-bond donors (Lipinski definition) is 2. The number of hydrogen-bond acceptors (Lipinski definition) is 4. The standard InChI is InChI=1S/C11H13N3O3/c1-17-5-3-9-13-10(11(15)16)8-6-7(12)2-4-14(8)9/h2,4,6H,3,5,12H2,1H3,(H,15,16). The number of imidazole rings is 1. The molecule has 0 bridgehead atoms. The number of carbonyl (C=O) groups is 1. The number of nitrogens with zero attached hydrogens (tertiary/aromatic N) is 2. The van der Waals surface area contributed by atoms with Crippen LogP contribution in [0, 0.1) is 0 Å². The van der Waals surface area contributed by atoms with Crippen LogP contribution in [0.3, 0.4) is 0 Å². The van der Waals surface area contributed by atoms with Crippen molar-refractivity contribution < 1.29 is 14.6 Å². The topological polar surface area (TPSA) is 89.8 Å². The van der Waals surface area contributed by atoms with E-state index in [1.54, 1.807) is 29.8 Å². The van der Waals surface area contributed by atoms with Crippen LogP contribution < -0.4 is 5.73 Å². The van der Waals surface area contributed by atoms with Crippen molar-refractivity contribution in [3.63, 3.8) is 0 Å². The van der Waals surface area contributed by atoms with E-state index in [1.165, 1.54) is 0 Å². The van der Waals surface area contributed by atoms with Gasteiger partial charge in [-0.05, 0) is 12.1 Å². The van der Waals surface area contributed by atoms with Crippen LogP contribution in [0.2, 0.25) is 0 Å². The smallest absolute Gasteiger partial charge is 0.356 e. The van der Waals surface area contributed by atoms with Crippen molar-refractivity contribution in [1.29, 1.82) is 0 Å². The number of nitrogen functional groups attached to an aromatic ring is 1. The van der Waals surface area contributed by atoms with Crippen LogP contribution in [0.1, 0.15) is 16.3 Å². The highest BCUT2D eigenvalue weighted by molar-refractivity contribution is 5.94. The number of methoxy groups -OCH3 is 1. The van der Waals surface area contributed by atoms with Crippen LogP contribution in [-0.2, 0) is 11.2 Å². The lowest BCUT2D eigenvalue weighted by Gasteiger charge is -2.01. The molecular formula is C11H13N3O3. The van der Waals surface area contributed by atoms with E-state index in [0.717, 1.165) is 0 Å². The fraction of sp³-hybridized carbons (Fsp3) is 0.273. The van der Waals surface area contributed by atoms with E-state index in [-0.39, 0.29) is 5.69 Å². The van der Waals surface area contributed by atoms with Gasteiger partial charge in [0, 0.05) is 25.4 Å². The number of carboxylic acids is 1. The third-order valence-corrected chi connectivity index (χ3v) is 2.47. The van der Waals surface area contributed by atoms with E-state index in [1.807, 2.05) is 0 Å². The summed E-state index contributed by atoms with van der Waals surface area (Å²) < 4.78 is 6.68. The SMILES string of the molecule is COCCc1nc(C(=O)O)c2cc(N)ccn12. The molecule has 17 heavy (non-hydrogen) atoms. The summed E-state index contributed by atoms with van der Waals surface area (Å²) in [7, 11) is 1.59. The van der Waals surface area contributed by atoms with Gasteiger partial charge in [-0.15, -0.1) is 0 Å². The molecule has 2 rings (SSSR count). The molecule has 0 saturated heterocycles.